The summed E-state index contributed by atoms with van der Waals surface area (Å²) in [6.07, 6.45) is 2.11. The first-order valence-electron chi connectivity index (χ1n) is 7.66. The first-order chi connectivity index (χ1) is 9.85. The standard InChI is InChI=1S/C16H25NO4/c1-6-13-9(3)10(4)14(16(21-13)20-11(5)18)17-15(19)12-7-8(12)2/h7,9-10,12-14,16H,6H2,1-5H3,(H,17,19)/t9-,10-,12?,13?,14?,16-/m0/s1. The zero-order valence-corrected chi connectivity index (χ0v) is 13.4. The average molecular weight is 295 g/mol. The summed E-state index contributed by atoms with van der Waals surface area (Å²) < 4.78 is 11.2. The molecule has 118 valence electrons. The van der Waals surface area contributed by atoms with Crippen LogP contribution in [0.4, 0.5) is 0 Å². The van der Waals surface area contributed by atoms with Crippen LogP contribution in [0.1, 0.15) is 41.0 Å². The number of nitrogens with one attached hydrogen (secondary N) is 1. The van der Waals surface area contributed by atoms with E-state index in [2.05, 4.69) is 26.1 Å². The van der Waals surface area contributed by atoms with Crippen LogP contribution in [0, 0.1) is 17.8 Å². The molecule has 21 heavy (non-hydrogen) atoms. The maximum Gasteiger partial charge on any atom is 0.305 e. The van der Waals surface area contributed by atoms with E-state index in [1.54, 1.807) is 0 Å². The Kier molecular flexibility index (Phi) is 4.71. The highest BCUT2D eigenvalue weighted by Crippen LogP contribution is 2.34. The molecule has 1 aliphatic carbocycles. The van der Waals surface area contributed by atoms with Gasteiger partial charge < -0.3 is 14.8 Å². The van der Waals surface area contributed by atoms with Crippen LogP contribution in [0.3, 0.4) is 0 Å². The highest BCUT2D eigenvalue weighted by Gasteiger charge is 2.44. The molecule has 0 bridgehead atoms. The van der Waals surface area contributed by atoms with Gasteiger partial charge in [0.05, 0.1) is 18.1 Å². The Morgan fingerprint density at radius 2 is 1.95 bits per heavy atom. The van der Waals surface area contributed by atoms with Crippen molar-refractivity contribution in [1.29, 1.82) is 0 Å². The van der Waals surface area contributed by atoms with E-state index in [1.807, 2.05) is 13.0 Å². The van der Waals surface area contributed by atoms with Crippen LogP contribution >= 0.6 is 0 Å². The van der Waals surface area contributed by atoms with Crippen molar-refractivity contribution in [1.82, 2.24) is 5.32 Å². The molecule has 3 unspecified atom stereocenters. The molecule has 2 rings (SSSR count). The van der Waals surface area contributed by atoms with Gasteiger partial charge in [0.15, 0.2) is 0 Å². The second-order valence-corrected chi connectivity index (χ2v) is 6.20. The third-order valence-electron chi connectivity index (χ3n) is 4.67. The molecule has 5 nitrogen and oxygen atoms in total. The molecule has 0 aromatic rings. The lowest BCUT2D eigenvalue weighted by molar-refractivity contribution is -0.231. The van der Waals surface area contributed by atoms with E-state index in [0.29, 0.717) is 5.92 Å². The molecule has 0 aromatic heterocycles. The highest BCUT2D eigenvalue weighted by atomic mass is 16.7. The Labute approximate surface area is 126 Å². The van der Waals surface area contributed by atoms with Crippen LogP contribution in [0.25, 0.3) is 0 Å². The Morgan fingerprint density at radius 3 is 2.43 bits per heavy atom. The molecule has 6 atom stereocenters. The second kappa shape index (κ2) is 6.18. The topological polar surface area (TPSA) is 64.6 Å². The maximum atomic E-state index is 12.2. The van der Waals surface area contributed by atoms with E-state index >= 15 is 0 Å². The lowest BCUT2D eigenvalue weighted by atomic mass is 9.81. The Bertz CT molecular complexity index is 459. The molecule has 5 heteroatoms. The van der Waals surface area contributed by atoms with E-state index in [4.69, 9.17) is 9.47 Å². The van der Waals surface area contributed by atoms with Gasteiger partial charge in [-0.05, 0) is 25.2 Å². The molecular weight excluding hydrogens is 270 g/mol. The zero-order chi connectivity index (χ0) is 15.7. The number of esters is 1. The van der Waals surface area contributed by atoms with Crippen molar-refractivity contribution in [3.63, 3.8) is 0 Å². The van der Waals surface area contributed by atoms with Gasteiger partial charge in [0, 0.05) is 6.92 Å². The molecule has 2 aliphatic rings. The van der Waals surface area contributed by atoms with Crippen LogP contribution in [-0.4, -0.2) is 30.3 Å². The van der Waals surface area contributed by atoms with E-state index in [9.17, 15) is 9.59 Å². The molecule has 1 saturated heterocycles. The van der Waals surface area contributed by atoms with Gasteiger partial charge in [-0.15, -0.1) is 0 Å². The first kappa shape index (κ1) is 16.0. The van der Waals surface area contributed by atoms with Gasteiger partial charge in [-0.25, -0.2) is 0 Å². The molecule has 1 heterocycles. The van der Waals surface area contributed by atoms with E-state index in [-0.39, 0.29) is 29.9 Å². The number of carbonyl (C=O) groups excluding carboxylic acids is 2. The first-order valence-corrected chi connectivity index (χ1v) is 7.66. The summed E-state index contributed by atoms with van der Waals surface area (Å²) in [5.74, 6) is -0.0605. The SMILES string of the molecule is CCC1O[C@H](OC(C)=O)C(NC(=O)C2C=C2C)[C@@H](C)[C@@H]1C. The van der Waals surface area contributed by atoms with E-state index in [0.717, 1.165) is 12.0 Å². The fraction of sp³-hybridized carbons (Fsp3) is 0.750. The molecule has 0 radical (unpaired) electrons. The summed E-state index contributed by atoms with van der Waals surface area (Å²) in [5.41, 5.74) is 1.08. The monoisotopic (exact) mass is 295 g/mol. The highest BCUT2D eigenvalue weighted by molar-refractivity contribution is 5.88. The Balaban J connectivity index is 2.08. The van der Waals surface area contributed by atoms with Crippen molar-refractivity contribution in [3.8, 4) is 0 Å². The van der Waals surface area contributed by atoms with Crippen molar-refractivity contribution in [2.24, 2.45) is 17.8 Å². The quantitative estimate of drug-likeness (QED) is 0.636. The normalized spacial score (nSPS) is 38.4. The number of carbonyl (C=O) groups is 2. The fourth-order valence-corrected chi connectivity index (χ4v) is 2.98. The molecule has 0 saturated carbocycles. The predicted molar refractivity (Wildman–Crippen MR) is 78.2 cm³/mol. The van der Waals surface area contributed by atoms with E-state index in [1.165, 1.54) is 6.92 Å². The minimum Gasteiger partial charge on any atom is -0.434 e. The summed E-state index contributed by atoms with van der Waals surface area (Å²) >= 11 is 0. The van der Waals surface area contributed by atoms with Crippen LogP contribution in [0.15, 0.2) is 11.6 Å². The lowest BCUT2D eigenvalue weighted by Crippen LogP contribution is -2.58. The largest absolute Gasteiger partial charge is 0.434 e. The van der Waals surface area contributed by atoms with Gasteiger partial charge in [0.25, 0.3) is 0 Å². The smallest absolute Gasteiger partial charge is 0.305 e. The Hall–Kier alpha value is -1.36. The second-order valence-electron chi connectivity index (χ2n) is 6.20. The molecule has 1 aliphatic heterocycles. The van der Waals surface area contributed by atoms with Crippen molar-refractivity contribution in [2.45, 2.75) is 59.5 Å². The molecule has 1 N–H and O–H groups in total. The molecule has 1 amide bonds. The van der Waals surface area contributed by atoms with Gasteiger partial charge in [-0.1, -0.05) is 32.4 Å². The molecule has 0 aromatic carbocycles. The predicted octanol–water partition coefficient (Wildman–Crippen LogP) is 2.02. The van der Waals surface area contributed by atoms with Crippen molar-refractivity contribution in [2.75, 3.05) is 0 Å². The number of ether oxygens (including phenoxy) is 2. The summed E-state index contributed by atoms with van der Waals surface area (Å²) in [4.78, 5) is 23.5. The number of hydrogen-bond acceptors (Lipinski definition) is 4. The van der Waals surface area contributed by atoms with Gasteiger partial charge in [-0.3, -0.25) is 9.59 Å². The minimum absolute atomic E-state index is 0.0350. The third kappa shape index (κ3) is 3.46. The summed E-state index contributed by atoms with van der Waals surface area (Å²) in [6, 6.07) is -0.305. The lowest BCUT2D eigenvalue weighted by Gasteiger charge is -2.44. The number of rotatable bonds is 4. The van der Waals surface area contributed by atoms with Crippen LogP contribution in [0.5, 0.6) is 0 Å². The Morgan fingerprint density at radius 1 is 1.33 bits per heavy atom. The maximum absolute atomic E-state index is 12.2. The van der Waals surface area contributed by atoms with Crippen molar-refractivity contribution >= 4 is 11.9 Å². The van der Waals surface area contributed by atoms with Crippen LogP contribution < -0.4 is 5.32 Å². The zero-order valence-electron chi connectivity index (χ0n) is 13.4. The summed E-state index contributed by atoms with van der Waals surface area (Å²) in [5, 5.41) is 3.00. The molecule has 0 spiro atoms. The van der Waals surface area contributed by atoms with E-state index < -0.39 is 12.3 Å². The van der Waals surface area contributed by atoms with Gasteiger partial charge >= 0.3 is 5.97 Å². The van der Waals surface area contributed by atoms with Crippen LogP contribution in [-0.2, 0) is 19.1 Å². The van der Waals surface area contributed by atoms with Crippen LogP contribution in [0.2, 0.25) is 0 Å². The van der Waals surface area contributed by atoms with Crippen molar-refractivity contribution in [3.05, 3.63) is 11.6 Å². The summed E-state index contributed by atoms with van der Waals surface area (Å²) in [6.45, 7) is 9.53. The molecule has 1 fully saturated rings. The average Bonchev–Trinajstić information content (AvgIpc) is 3.14. The number of hydrogen-bond donors (Lipinski definition) is 1. The molecular formula is C16H25NO4. The van der Waals surface area contributed by atoms with Gasteiger partial charge in [-0.2, -0.15) is 0 Å². The minimum atomic E-state index is -0.707. The van der Waals surface area contributed by atoms with Gasteiger partial charge in [0.2, 0.25) is 12.2 Å². The number of amides is 1. The van der Waals surface area contributed by atoms with Crippen molar-refractivity contribution < 1.29 is 19.1 Å². The summed E-state index contributed by atoms with van der Waals surface area (Å²) in [7, 11) is 0. The fourth-order valence-electron chi connectivity index (χ4n) is 2.98. The van der Waals surface area contributed by atoms with Gasteiger partial charge in [0.1, 0.15) is 0 Å². The third-order valence-corrected chi connectivity index (χ3v) is 4.67.